The van der Waals surface area contributed by atoms with Gasteiger partial charge in [-0.25, -0.2) is 4.90 Å². The molecule has 1 atom stereocenters. The maximum atomic E-state index is 12.7. The maximum absolute atomic E-state index is 12.7. The minimum atomic E-state index is -0.333. The zero-order valence-corrected chi connectivity index (χ0v) is 13.9. The molecule has 2 aliphatic rings. The highest BCUT2D eigenvalue weighted by Crippen LogP contribution is 2.22. The highest BCUT2D eigenvalue weighted by atomic mass is 16.5. The van der Waals surface area contributed by atoms with Crippen LogP contribution in [0.2, 0.25) is 0 Å². The van der Waals surface area contributed by atoms with Crippen molar-refractivity contribution in [3.8, 4) is 0 Å². The molecule has 2 aliphatic heterocycles. The molecule has 2 fully saturated rings. The van der Waals surface area contributed by atoms with Crippen molar-refractivity contribution in [2.45, 2.75) is 32.2 Å². The summed E-state index contributed by atoms with van der Waals surface area (Å²) in [4.78, 5) is 39.3. The summed E-state index contributed by atoms with van der Waals surface area (Å²) in [7, 11) is 0. The van der Waals surface area contributed by atoms with E-state index in [0.29, 0.717) is 25.1 Å². The Bertz CT molecular complexity index is 623. The first-order valence-electron chi connectivity index (χ1n) is 8.55. The largest absolute Gasteiger partial charge is 0.466 e. The number of carbonyl (C=O) groups excluding carboxylic acids is 3. The van der Waals surface area contributed by atoms with Crippen LogP contribution in [0.15, 0.2) is 30.3 Å². The first kappa shape index (κ1) is 16.6. The van der Waals surface area contributed by atoms with Crippen LogP contribution in [0.5, 0.6) is 0 Å². The van der Waals surface area contributed by atoms with Gasteiger partial charge in [-0.05, 0) is 19.1 Å². The number of para-hydroxylation sites is 1. The van der Waals surface area contributed by atoms with Gasteiger partial charge in [0.2, 0.25) is 5.91 Å². The lowest BCUT2D eigenvalue weighted by Crippen LogP contribution is -3.17. The number of ether oxygens (including phenoxy) is 1. The van der Waals surface area contributed by atoms with Gasteiger partial charge < -0.3 is 9.64 Å². The summed E-state index contributed by atoms with van der Waals surface area (Å²) in [5.41, 5.74) is 0.635. The molecule has 6 nitrogen and oxygen atoms in total. The first-order valence-corrected chi connectivity index (χ1v) is 8.55. The molecular formula is C18H23N2O4+. The van der Waals surface area contributed by atoms with Crippen LogP contribution in [-0.2, 0) is 19.1 Å². The molecule has 0 saturated carbocycles. The van der Waals surface area contributed by atoms with Gasteiger partial charge in [0.25, 0.3) is 5.91 Å². The molecule has 2 saturated heterocycles. The van der Waals surface area contributed by atoms with Gasteiger partial charge in [-0.15, -0.1) is 0 Å². The van der Waals surface area contributed by atoms with Crippen molar-refractivity contribution in [3.63, 3.8) is 0 Å². The number of quaternary nitrogens is 1. The average molecular weight is 331 g/mol. The molecule has 1 N–H and O–H groups in total. The Kier molecular flexibility index (Phi) is 4.94. The number of nitrogens with one attached hydrogen (secondary N) is 1. The van der Waals surface area contributed by atoms with E-state index < -0.39 is 0 Å². The van der Waals surface area contributed by atoms with Crippen LogP contribution in [0, 0.1) is 5.92 Å². The van der Waals surface area contributed by atoms with Gasteiger partial charge in [-0.1, -0.05) is 18.2 Å². The van der Waals surface area contributed by atoms with E-state index in [2.05, 4.69) is 0 Å². The highest BCUT2D eigenvalue weighted by Gasteiger charge is 2.46. The van der Waals surface area contributed by atoms with Gasteiger partial charge in [0.05, 0.1) is 37.7 Å². The van der Waals surface area contributed by atoms with E-state index in [9.17, 15) is 14.4 Å². The third-order valence-corrected chi connectivity index (χ3v) is 4.90. The summed E-state index contributed by atoms with van der Waals surface area (Å²) in [6, 6.07) is 8.72. The SMILES string of the molecule is CCOC(=O)C1CC[NH+]([C@H]2CC(=O)N(c3ccccc3)C2=O)CC1. The fraction of sp³-hybridized carbons (Fsp3) is 0.500. The van der Waals surface area contributed by atoms with E-state index in [-0.39, 0.29) is 36.2 Å². The predicted octanol–water partition coefficient (Wildman–Crippen LogP) is 0.177. The first-order chi connectivity index (χ1) is 11.6. The number of anilines is 1. The normalized spacial score (nSPS) is 27.4. The molecular weight excluding hydrogens is 308 g/mol. The Labute approximate surface area is 141 Å². The lowest BCUT2D eigenvalue weighted by molar-refractivity contribution is -0.920. The van der Waals surface area contributed by atoms with Gasteiger partial charge in [0, 0.05) is 12.8 Å². The standard InChI is InChI=1S/C18H22N2O4/c1-2-24-18(23)13-8-10-19(11-9-13)15-12-16(21)20(17(15)22)14-6-4-3-5-7-14/h3-7,13,15H,2,8-12H2,1H3/p+1/t15-/m0/s1. The van der Waals surface area contributed by atoms with Crippen LogP contribution in [0.4, 0.5) is 5.69 Å². The number of carbonyl (C=O) groups is 3. The minimum Gasteiger partial charge on any atom is -0.466 e. The van der Waals surface area contributed by atoms with Gasteiger partial charge in [-0.2, -0.15) is 0 Å². The lowest BCUT2D eigenvalue weighted by atomic mass is 9.95. The second-order valence-corrected chi connectivity index (χ2v) is 6.34. The summed E-state index contributed by atoms with van der Waals surface area (Å²) in [6.45, 7) is 3.64. The van der Waals surface area contributed by atoms with Crippen molar-refractivity contribution in [3.05, 3.63) is 30.3 Å². The molecule has 2 amide bonds. The summed E-state index contributed by atoms with van der Waals surface area (Å²) >= 11 is 0. The average Bonchev–Trinajstić information content (AvgIpc) is 2.90. The summed E-state index contributed by atoms with van der Waals surface area (Å²) < 4.78 is 5.08. The smallest absolute Gasteiger partial charge is 0.309 e. The lowest BCUT2D eigenvalue weighted by Gasteiger charge is -2.31. The Morgan fingerprint density at radius 2 is 1.88 bits per heavy atom. The molecule has 0 unspecified atom stereocenters. The van der Waals surface area contributed by atoms with Crippen LogP contribution in [-0.4, -0.2) is 43.5 Å². The molecule has 0 aliphatic carbocycles. The van der Waals surface area contributed by atoms with Crippen LogP contribution in [0.3, 0.4) is 0 Å². The number of amides is 2. The van der Waals surface area contributed by atoms with Crippen molar-refractivity contribution in [1.29, 1.82) is 0 Å². The third kappa shape index (κ3) is 3.19. The Balaban J connectivity index is 1.64. The van der Waals surface area contributed by atoms with E-state index in [1.54, 1.807) is 19.1 Å². The predicted molar refractivity (Wildman–Crippen MR) is 87.4 cm³/mol. The van der Waals surface area contributed by atoms with E-state index in [1.807, 2.05) is 18.2 Å². The van der Waals surface area contributed by atoms with E-state index >= 15 is 0 Å². The molecule has 2 heterocycles. The number of imide groups is 1. The fourth-order valence-electron chi connectivity index (χ4n) is 3.63. The quantitative estimate of drug-likeness (QED) is 0.631. The van der Waals surface area contributed by atoms with E-state index in [1.165, 1.54) is 4.90 Å². The second-order valence-electron chi connectivity index (χ2n) is 6.34. The number of likely N-dealkylation sites (tertiary alicyclic amines) is 1. The van der Waals surface area contributed by atoms with Crippen molar-refractivity contribution >= 4 is 23.5 Å². The van der Waals surface area contributed by atoms with Crippen LogP contribution in [0.1, 0.15) is 26.2 Å². The molecule has 0 bridgehead atoms. The molecule has 3 rings (SSSR count). The molecule has 1 aromatic carbocycles. The topological polar surface area (TPSA) is 68.1 Å². The third-order valence-electron chi connectivity index (χ3n) is 4.90. The van der Waals surface area contributed by atoms with Gasteiger partial charge in [-0.3, -0.25) is 14.4 Å². The number of rotatable bonds is 4. The van der Waals surface area contributed by atoms with Crippen molar-refractivity contribution in [2.75, 3.05) is 24.6 Å². The molecule has 6 heteroatoms. The number of hydrogen-bond donors (Lipinski definition) is 1. The van der Waals surface area contributed by atoms with Crippen LogP contribution in [0.25, 0.3) is 0 Å². The number of nitrogens with zero attached hydrogens (tertiary/aromatic N) is 1. The van der Waals surface area contributed by atoms with Crippen LogP contribution < -0.4 is 9.80 Å². The Morgan fingerprint density at radius 3 is 2.50 bits per heavy atom. The molecule has 24 heavy (non-hydrogen) atoms. The van der Waals surface area contributed by atoms with Gasteiger partial charge in [0.15, 0.2) is 6.04 Å². The minimum absolute atomic E-state index is 0.0777. The molecule has 0 radical (unpaired) electrons. The number of hydrogen-bond acceptors (Lipinski definition) is 4. The van der Waals surface area contributed by atoms with Crippen LogP contribution >= 0.6 is 0 Å². The Morgan fingerprint density at radius 1 is 1.21 bits per heavy atom. The van der Waals surface area contributed by atoms with E-state index in [0.717, 1.165) is 18.0 Å². The van der Waals surface area contributed by atoms with Crippen molar-refractivity contribution in [2.24, 2.45) is 5.92 Å². The summed E-state index contributed by atoms with van der Waals surface area (Å²) in [5.74, 6) is -0.491. The zero-order valence-electron chi connectivity index (χ0n) is 13.9. The summed E-state index contributed by atoms with van der Waals surface area (Å²) in [6.07, 6.45) is 1.65. The summed E-state index contributed by atoms with van der Waals surface area (Å²) in [5, 5.41) is 0. The molecule has 1 aromatic rings. The maximum Gasteiger partial charge on any atom is 0.309 e. The number of benzene rings is 1. The van der Waals surface area contributed by atoms with Crippen molar-refractivity contribution in [1.82, 2.24) is 0 Å². The second kappa shape index (κ2) is 7.13. The fourth-order valence-corrected chi connectivity index (χ4v) is 3.63. The highest BCUT2D eigenvalue weighted by molar-refractivity contribution is 6.21. The number of piperidine rings is 1. The Hall–Kier alpha value is -2.21. The molecule has 0 spiro atoms. The zero-order chi connectivity index (χ0) is 17.1. The molecule has 128 valence electrons. The van der Waals surface area contributed by atoms with Gasteiger partial charge >= 0.3 is 5.97 Å². The number of esters is 1. The van der Waals surface area contributed by atoms with E-state index in [4.69, 9.17) is 4.74 Å². The molecule has 0 aromatic heterocycles. The monoisotopic (exact) mass is 331 g/mol. The van der Waals surface area contributed by atoms with Crippen molar-refractivity contribution < 1.29 is 24.0 Å². The van der Waals surface area contributed by atoms with Gasteiger partial charge in [0.1, 0.15) is 0 Å².